The average Bonchev–Trinajstić information content (AvgIpc) is 2.52. The molecule has 1 aromatic rings. The van der Waals surface area contributed by atoms with Gasteiger partial charge in [0, 0.05) is 32.8 Å². The van der Waals surface area contributed by atoms with E-state index in [1.165, 1.54) is 0 Å². The van der Waals surface area contributed by atoms with Crippen molar-refractivity contribution in [3.8, 4) is 0 Å². The van der Waals surface area contributed by atoms with Crippen molar-refractivity contribution >= 4 is 17.5 Å². The molecule has 0 aromatic carbocycles. The van der Waals surface area contributed by atoms with E-state index in [9.17, 15) is 4.79 Å². The number of hydrogen-bond acceptors (Lipinski definition) is 6. The minimum Gasteiger partial charge on any atom is -0.374 e. The summed E-state index contributed by atoms with van der Waals surface area (Å²) in [6.07, 6.45) is 0.742. The van der Waals surface area contributed by atoms with E-state index in [1.807, 2.05) is 31.9 Å². The first kappa shape index (κ1) is 15.5. The van der Waals surface area contributed by atoms with Crippen molar-refractivity contribution < 1.29 is 9.53 Å². The van der Waals surface area contributed by atoms with Gasteiger partial charge in [-0.1, -0.05) is 6.92 Å². The minimum absolute atomic E-state index is 0.0553. The molecular formula is C14H23N5O2. The van der Waals surface area contributed by atoms with Crippen molar-refractivity contribution in [3.05, 3.63) is 11.9 Å². The summed E-state index contributed by atoms with van der Waals surface area (Å²) in [6.45, 7) is 6.31. The average molecular weight is 293 g/mol. The second-order valence-electron chi connectivity index (χ2n) is 4.82. The van der Waals surface area contributed by atoms with Gasteiger partial charge in [-0.2, -0.15) is 0 Å². The second-order valence-corrected chi connectivity index (χ2v) is 4.82. The van der Waals surface area contributed by atoms with E-state index in [0.29, 0.717) is 25.6 Å². The van der Waals surface area contributed by atoms with Gasteiger partial charge in [-0.25, -0.2) is 9.97 Å². The first-order chi connectivity index (χ1) is 10.2. The van der Waals surface area contributed by atoms with Crippen LogP contribution in [0.15, 0.2) is 6.07 Å². The molecule has 1 saturated heterocycles. The number of anilines is 2. The highest BCUT2D eigenvalue weighted by Crippen LogP contribution is 2.21. The first-order valence-corrected chi connectivity index (χ1v) is 7.37. The summed E-state index contributed by atoms with van der Waals surface area (Å²) < 4.78 is 5.39. The lowest BCUT2D eigenvalue weighted by atomic mass is 10.1. The van der Waals surface area contributed by atoms with E-state index in [4.69, 9.17) is 4.74 Å². The maximum absolute atomic E-state index is 12.0. The standard InChI is InChI=1S/C14H23N5O2/c1-4-10-14(20)16-6-7-19(10)13-8-11(15-3)17-12(18-13)9-21-5-2/h8,10H,4-7,9H2,1-3H3,(H,16,20)(H,15,17,18). The molecular weight excluding hydrogens is 270 g/mol. The molecule has 0 spiro atoms. The number of nitrogens with zero attached hydrogens (tertiary/aromatic N) is 3. The fourth-order valence-corrected chi connectivity index (χ4v) is 2.41. The number of nitrogens with one attached hydrogen (secondary N) is 2. The highest BCUT2D eigenvalue weighted by atomic mass is 16.5. The predicted octanol–water partition coefficient (Wildman–Crippen LogP) is 0.770. The van der Waals surface area contributed by atoms with Crippen molar-refractivity contribution in [2.45, 2.75) is 32.9 Å². The lowest BCUT2D eigenvalue weighted by molar-refractivity contribution is -0.123. The molecule has 1 atom stereocenters. The van der Waals surface area contributed by atoms with Crippen LogP contribution in [0.1, 0.15) is 26.1 Å². The number of piperazine rings is 1. The Kier molecular flexibility index (Phi) is 5.32. The maximum Gasteiger partial charge on any atom is 0.242 e. The van der Waals surface area contributed by atoms with E-state index >= 15 is 0 Å². The third kappa shape index (κ3) is 3.60. The Morgan fingerprint density at radius 1 is 1.48 bits per heavy atom. The molecule has 116 valence electrons. The van der Waals surface area contributed by atoms with E-state index in [-0.39, 0.29) is 11.9 Å². The van der Waals surface area contributed by atoms with Crippen molar-refractivity contribution in [1.29, 1.82) is 0 Å². The molecule has 0 aliphatic carbocycles. The molecule has 1 amide bonds. The van der Waals surface area contributed by atoms with Gasteiger partial charge in [0.1, 0.15) is 24.3 Å². The number of aromatic nitrogens is 2. The van der Waals surface area contributed by atoms with Crippen LogP contribution in [0.3, 0.4) is 0 Å². The van der Waals surface area contributed by atoms with Gasteiger partial charge < -0.3 is 20.3 Å². The zero-order valence-corrected chi connectivity index (χ0v) is 12.8. The van der Waals surface area contributed by atoms with Crippen LogP contribution in [0.4, 0.5) is 11.6 Å². The quantitative estimate of drug-likeness (QED) is 0.806. The number of amides is 1. The molecule has 0 bridgehead atoms. The van der Waals surface area contributed by atoms with E-state index < -0.39 is 0 Å². The van der Waals surface area contributed by atoms with Gasteiger partial charge in [-0.3, -0.25) is 4.79 Å². The number of hydrogen-bond donors (Lipinski definition) is 2. The Balaban J connectivity index is 2.29. The van der Waals surface area contributed by atoms with Gasteiger partial charge in [0.2, 0.25) is 5.91 Å². The van der Waals surface area contributed by atoms with Crippen LogP contribution in [0.25, 0.3) is 0 Å². The normalized spacial score (nSPS) is 18.5. The maximum atomic E-state index is 12.0. The Hall–Kier alpha value is -1.89. The zero-order chi connectivity index (χ0) is 15.2. The molecule has 7 heteroatoms. The van der Waals surface area contributed by atoms with Crippen LogP contribution in [-0.4, -0.2) is 48.7 Å². The monoisotopic (exact) mass is 293 g/mol. The topological polar surface area (TPSA) is 79.4 Å². The molecule has 2 rings (SSSR count). The number of carbonyl (C=O) groups excluding carboxylic acids is 1. The Morgan fingerprint density at radius 3 is 2.95 bits per heavy atom. The van der Waals surface area contributed by atoms with Crippen LogP contribution in [-0.2, 0) is 16.1 Å². The second kappa shape index (κ2) is 7.21. The van der Waals surface area contributed by atoms with Crippen LogP contribution in [0.2, 0.25) is 0 Å². The fraction of sp³-hybridized carbons (Fsp3) is 0.643. The first-order valence-electron chi connectivity index (χ1n) is 7.37. The van der Waals surface area contributed by atoms with Crippen molar-refractivity contribution in [1.82, 2.24) is 15.3 Å². The van der Waals surface area contributed by atoms with Gasteiger partial charge in [-0.15, -0.1) is 0 Å². The Labute approximate surface area is 125 Å². The van der Waals surface area contributed by atoms with Gasteiger partial charge in [0.15, 0.2) is 5.82 Å². The molecule has 1 aromatic heterocycles. The lowest BCUT2D eigenvalue weighted by Gasteiger charge is -2.35. The summed E-state index contributed by atoms with van der Waals surface area (Å²) in [5.41, 5.74) is 0. The molecule has 1 aliphatic rings. The third-order valence-electron chi connectivity index (χ3n) is 3.46. The molecule has 2 heterocycles. The lowest BCUT2D eigenvalue weighted by Crippen LogP contribution is -2.55. The summed E-state index contributed by atoms with van der Waals surface area (Å²) in [6, 6.07) is 1.69. The zero-order valence-electron chi connectivity index (χ0n) is 12.8. The molecule has 1 fully saturated rings. The highest BCUT2D eigenvalue weighted by molar-refractivity contribution is 5.86. The number of rotatable bonds is 6. The molecule has 21 heavy (non-hydrogen) atoms. The van der Waals surface area contributed by atoms with Gasteiger partial charge in [0.25, 0.3) is 0 Å². The minimum atomic E-state index is -0.182. The van der Waals surface area contributed by atoms with Gasteiger partial charge >= 0.3 is 0 Å². The van der Waals surface area contributed by atoms with Gasteiger partial charge in [0.05, 0.1) is 0 Å². The van der Waals surface area contributed by atoms with E-state index in [1.54, 1.807) is 0 Å². The third-order valence-corrected chi connectivity index (χ3v) is 3.46. The molecule has 2 N–H and O–H groups in total. The van der Waals surface area contributed by atoms with Crippen molar-refractivity contribution in [2.24, 2.45) is 0 Å². The molecule has 1 aliphatic heterocycles. The van der Waals surface area contributed by atoms with Crippen molar-refractivity contribution in [2.75, 3.05) is 37.0 Å². The Bertz CT molecular complexity index is 494. The predicted molar refractivity (Wildman–Crippen MR) is 81.3 cm³/mol. The van der Waals surface area contributed by atoms with Crippen LogP contribution >= 0.6 is 0 Å². The highest BCUT2D eigenvalue weighted by Gasteiger charge is 2.29. The van der Waals surface area contributed by atoms with Crippen LogP contribution < -0.4 is 15.5 Å². The van der Waals surface area contributed by atoms with E-state index in [2.05, 4.69) is 20.6 Å². The Morgan fingerprint density at radius 2 is 2.29 bits per heavy atom. The summed E-state index contributed by atoms with van der Waals surface area (Å²) in [5, 5.41) is 5.93. The van der Waals surface area contributed by atoms with Crippen LogP contribution in [0.5, 0.6) is 0 Å². The summed E-state index contributed by atoms with van der Waals surface area (Å²) in [7, 11) is 1.82. The number of ether oxygens (including phenoxy) is 1. The number of carbonyl (C=O) groups is 1. The van der Waals surface area contributed by atoms with Crippen LogP contribution in [0, 0.1) is 0 Å². The van der Waals surface area contributed by atoms with E-state index in [0.717, 1.165) is 24.6 Å². The summed E-state index contributed by atoms with van der Waals surface area (Å²) in [5.74, 6) is 2.18. The van der Waals surface area contributed by atoms with Gasteiger partial charge in [-0.05, 0) is 13.3 Å². The molecule has 0 saturated carbocycles. The van der Waals surface area contributed by atoms with Crippen molar-refractivity contribution in [3.63, 3.8) is 0 Å². The largest absolute Gasteiger partial charge is 0.374 e. The summed E-state index contributed by atoms with van der Waals surface area (Å²) in [4.78, 5) is 22.9. The SMILES string of the molecule is CCOCc1nc(NC)cc(N2CCNC(=O)C2CC)n1. The fourth-order valence-electron chi connectivity index (χ4n) is 2.41. The summed E-state index contributed by atoms with van der Waals surface area (Å²) >= 11 is 0. The molecule has 7 nitrogen and oxygen atoms in total. The molecule has 0 radical (unpaired) electrons. The smallest absolute Gasteiger partial charge is 0.242 e. The molecule has 1 unspecified atom stereocenters.